The summed E-state index contributed by atoms with van der Waals surface area (Å²) < 4.78 is 0.984. The number of benzene rings is 4. The van der Waals surface area contributed by atoms with Crippen molar-refractivity contribution in [2.75, 3.05) is 0 Å². The van der Waals surface area contributed by atoms with E-state index in [2.05, 4.69) is 52.3 Å². The van der Waals surface area contributed by atoms with Gasteiger partial charge in [-0.3, -0.25) is 5.41 Å². The SMILES string of the molecule is N=C(N=C(c1ccccc1)c1ccc(-c2ccccc2)cc1)c1ccc(Br)cc1. The summed E-state index contributed by atoms with van der Waals surface area (Å²) in [6, 6.07) is 36.3. The van der Waals surface area contributed by atoms with Crippen LogP contribution in [0.1, 0.15) is 16.7 Å². The maximum atomic E-state index is 8.50. The Hall–Kier alpha value is -3.30. The van der Waals surface area contributed by atoms with Crippen molar-refractivity contribution in [3.8, 4) is 11.1 Å². The van der Waals surface area contributed by atoms with Gasteiger partial charge in [-0.2, -0.15) is 0 Å². The fourth-order valence-electron chi connectivity index (χ4n) is 3.13. The van der Waals surface area contributed by atoms with E-state index in [1.54, 1.807) is 0 Å². The third kappa shape index (κ3) is 4.58. The van der Waals surface area contributed by atoms with Gasteiger partial charge in [0.15, 0.2) is 5.84 Å². The van der Waals surface area contributed by atoms with Gasteiger partial charge in [-0.15, -0.1) is 0 Å². The summed E-state index contributed by atoms with van der Waals surface area (Å²) in [6.45, 7) is 0. The highest BCUT2D eigenvalue weighted by atomic mass is 79.9. The van der Waals surface area contributed by atoms with Crippen molar-refractivity contribution in [3.63, 3.8) is 0 Å². The molecule has 0 atom stereocenters. The molecule has 0 aliphatic rings. The van der Waals surface area contributed by atoms with Crippen molar-refractivity contribution in [2.45, 2.75) is 0 Å². The molecule has 0 bridgehead atoms. The Labute approximate surface area is 179 Å². The number of halogens is 1. The Morgan fingerprint density at radius 2 is 1.03 bits per heavy atom. The average Bonchev–Trinajstić information content (AvgIpc) is 2.79. The van der Waals surface area contributed by atoms with Crippen molar-refractivity contribution >= 4 is 27.5 Å². The van der Waals surface area contributed by atoms with Gasteiger partial charge >= 0.3 is 0 Å². The molecule has 0 saturated carbocycles. The van der Waals surface area contributed by atoms with Crippen molar-refractivity contribution in [2.24, 2.45) is 4.99 Å². The molecular weight excluding hydrogens is 420 g/mol. The van der Waals surface area contributed by atoms with Crippen molar-refractivity contribution in [3.05, 3.63) is 130 Å². The van der Waals surface area contributed by atoms with Crippen LogP contribution in [0.5, 0.6) is 0 Å². The Balaban J connectivity index is 1.73. The first-order valence-corrected chi connectivity index (χ1v) is 10.1. The second kappa shape index (κ2) is 8.80. The number of hydrogen-bond acceptors (Lipinski definition) is 1. The highest BCUT2D eigenvalue weighted by molar-refractivity contribution is 9.10. The zero-order valence-electron chi connectivity index (χ0n) is 15.7. The number of rotatable bonds is 4. The summed E-state index contributed by atoms with van der Waals surface area (Å²) in [7, 11) is 0. The van der Waals surface area contributed by atoms with Gasteiger partial charge in [-0.25, -0.2) is 4.99 Å². The molecule has 0 aliphatic carbocycles. The van der Waals surface area contributed by atoms with Gasteiger partial charge in [-0.05, 0) is 23.3 Å². The zero-order valence-corrected chi connectivity index (χ0v) is 17.3. The van der Waals surface area contributed by atoms with E-state index in [-0.39, 0.29) is 5.84 Å². The molecule has 140 valence electrons. The number of nitrogens with one attached hydrogen (secondary N) is 1. The third-order valence-corrected chi connectivity index (χ3v) is 5.18. The van der Waals surface area contributed by atoms with Crippen LogP contribution in [0.3, 0.4) is 0 Å². The molecule has 0 fully saturated rings. The van der Waals surface area contributed by atoms with E-state index in [0.29, 0.717) is 0 Å². The lowest BCUT2D eigenvalue weighted by atomic mass is 9.98. The third-order valence-electron chi connectivity index (χ3n) is 4.65. The lowest BCUT2D eigenvalue weighted by Gasteiger charge is -2.10. The summed E-state index contributed by atoms with van der Waals surface area (Å²) >= 11 is 3.44. The largest absolute Gasteiger partial charge is 0.282 e. The molecule has 0 aliphatic heterocycles. The molecule has 3 heteroatoms. The number of amidine groups is 1. The minimum absolute atomic E-state index is 0.239. The van der Waals surface area contributed by atoms with E-state index in [1.165, 1.54) is 5.56 Å². The van der Waals surface area contributed by atoms with E-state index in [4.69, 9.17) is 10.4 Å². The zero-order chi connectivity index (χ0) is 20.1. The summed E-state index contributed by atoms with van der Waals surface area (Å²) in [5.74, 6) is 0.239. The fourth-order valence-corrected chi connectivity index (χ4v) is 3.39. The van der Waals surface area contributed by atoms with Gasteiger partial charge in [-0.1, -0.05) is 113 Å². The molecule has 0 unspecified atom stereocenters. The number of nitrogens with zero attached hydrogens (tertiary/aromatic N) is 1. The van der Waals surface area contributed by atoms with Crippen molar-refractivity contribution in [1.82, 2.24) is 0 Å². The standard InChI is InChI=1S/C26H19BrN2/c27-24-17-15-23(16-18-24)26(28)29-25(21-9-5-2-6-10-21)22-13-11-20(12-14-22)19-7-3-1-4-8-19/h1-18,28H. The minimum atomic E-state index is 0.239. The quantitative estimate of drug-likeness (QED) is 0.263. The van der Waals surface area contributed by atoms with Gasteiger partial charge in [0.05, 0.1) is 5.71 Å². The fraction of sp³-hybridized carbons (Fsp3) is 0. The molecule has 0 radical (unpaired) electrons. The van der Waals surface area contributed by atoms with E-state index in [0.717, 1.165) is 32.4 Å². The molecular formula is C26H19BrN2. The Morgan fingerprint density at radius 1 is 0.552 bits per heavy atom. The molecule has 1 N–H and O–H groups in total. The Morgan fingerprint density at radius 3 is 1.66 bits per heavy atom. The molecule has 0 aromatic heterocycles. The minimum Gasteiger partial charge on any atom is -0.282 e. The molecule has 4 rings (SSSR count). The molecule has 4 aromatic carbocycles. The van der Waals surface area contributed by atoms with E-state index in [1.807, 2.05) is 72.8 Å². The first-order chi connectivity index (χ1) is 14.2. The van der Waals surface area contributed by atoms with Crippen LogP contribution in [0.2, 0.25) is 0 Å². The maximum absolute atomic E-state index is 8.50. The highest BCUT2D eigenvalue weighted by Gasteiger charge is 2.10. The van der Waals surface area contributed by atoms with Crippen LogP contribution in [0.4, 0.5) is 0 Å². The van der Waals surface area contributed by atoms with Crippen LogP contribution in [-0.4, -0.2) is 11.5 Å². The van der Waals surface area contributed by atoms with Crippen LogP contribution in [0.15, 0.2) is 119 Å². The highest BCUT2D eigenvalue weighted by Crippen LogP contribution is 2.21. The van der Waals surface area contributed by atoms with Gasteiger partial charge in [0.2, 0.25) is 0 Å². The second-order valence-corrected chi connectivity index (χ2v) is 7.54. The number of hydrogen-bond donors (Lipinski definition) is 1. The second-order valence-electron chi connectivity index (χ2n) is 6.63. The normalized spacial score (nSPS) is 11.3. The topological polar surface area (TPSA) is 36.2 Å². The first kappa shape index (κ1) is 19.0. The summed E-state index contributed by atoms with van der Waals surface area (Å²) in [4.78, 5) is 4.70. The summed E-state index contributed by atoms with van der Waals surface area (Å²) in [5, 5.41) is 8.50. The summed E-state index contributed by atoms with van der Waals surface area (Å²) in [6.07, 6.45) is 0. The van der Waals surface area contributed by atoms with Gasteiger partial charge in [0.1, 0.15) is 0 Å². The van der Waals surface area contributed by atoms with Crippen molar-refractivity contribution < 1.29 is 0 Å². The summed E-state index contributed by atoms with van der Waals surface area (Å²) in [5.41, 5.74) is 5.88. The molecule has 2 nitrogen and oxygen atoms in total. The van der Waals surface area contributed by atoms with E-state index < -0.39 is 0 Å². The smallest absolute Gasteiger partial charge is 0.152 e. The van der Waals surface area contributed by atoms with E-state index >= 15 is 0 Å². The average molecular weight is 439 g/mol. The van der Waals surface area contributed by atoms with Gasteiger partial charge in [0, 0.05) is 21.2 Å². The molecule has 0 amide bonds. The van der Waals surface area contributed by atoms with Crippen molar-refractivity contribution in [1.29, 1.82) is 5.41 Å². The molecule has 0 saturated heterocycles. The van der Waals surface area contributed by atoms with Crippen LogP contribution in [0.25, 0.3) is 11.1 Å². The Bertz CT molecular complexity index is 1130. The number of aliphatic imine (C=N–C) groups is 1. The lowest BCUT2D eigenvalue weighted by Crippen LogP contribution is -2.08. The maximum Gasteiger partial charge on any atom is 0.152 e. The van der Waals surface area contributed by atoms with Crippen LogP contribution < -0.4 is 0 Å². The van der Waals surface area contributed by atoms with Crippen LogP contribution in [0, 0.1) is 5.41 Å². The molecule has 4 aromatic rings. The molecule has 29 heavy (non-hydrogen) atoms. The molecule has 0 heterocycles. The van der Waals surface area contributed by atoms with Gasteiger partial charge < -0.3 is 0 Å². The Kier molecular flexibility index (Phi) is 5.78. The lowest BCUT2D eigenvalue weighted by molar-refractivity contribution is 1.40. The predicted octanol–water partition coefficient (Wildman–Crippen LogP) is 6.98. The van der Waals surface area contributed by atoms with Crippen LogP contribution in [-0.2, 0) is 0 Å². The monoisotopic (exact) mass is 438 g/mol. The van der Waals surface area contributed by atoms with Gasteiger partial charge in [0.25, 0.3) is 0 Å². The van der Waals surface area contributed by atoms with Crippen LogP contribution >= 0.6 is 15.9 Å². The predicted molar refractivity (Wildman–Crippen MR) is 125 cm³/mol. The molecule has 0 spiro atoms. The van der Waals surface area contributed by atoms with E-state index in [9.17, 15) is 0 Å². The first-order valence-electron chi connectivity index (χ1n) is 9.35.